The van der Waals surface area contributed by atoms with Gasteiger partial charge in [-0.2, -0.15) is 0 Å². The summed E-state index contributed by atoms with van der Waals surface area (Å²) >= 11 is 0. The number of benzene rings is 1. The highest BCUT2D eigenvalue weighted by Gasteiger charge is 2.31. The lowest BCUT2D eigenvalue weighted by Crippen LogP contribution is -2.25. The average Bonchev–Trinajstić information content (AvgIpc) is 2.45. The lowest BCUT2D eigenvalue weighted by Gasteiger charge is -2.27. The second kappa shape index (κ2) is 7.14. The summed E-state index contributed by atoms with van der Waals surface area (Å²) in [6.45, 7) is 2.18. The van der Waals surface area contributed by atoms with Crippen molar-refractivity contribution in [2.45, 2.75) is 51.4 Å². The molecule has 2 atom stereocenters. The lowest BCUT2D eigenvalue weighted by molar-refractivity contribution is -0.122. The Morgan fingerprint density at radius 2 is 2.05 bits per heavy atom. The van der Waals surface area contributed by atoms with Crippen molar-refractivity contribution in [1.29, 1.82) is 0 Å². The second-order valence-electron chi connectivity index (χ2n) is 5.28. The number of unbranched alkanes of at least 4 members (excludes halogenated alkanes) is 2. The van der Waals surface area contributed by atoms with Crippen LogP contribution in [0.3, 0.4) is 0 Å². The van der Waals surface area contributed by atoms with E-state index >= 15 is 0 Å². The van der Waals surface area contributed by atoms with Crippen molar-refractivity contribution in [2.75, 3.05) is 0 Å². The highest BCUT2D eigenvalue weighted by Crippen LogP contribution is 2.34. The highest BCUT2D eigenvalue weighted by atomic mass is 16.1. The molecule has 1 fully saturated rings. The van der Waals surface area contributed by atoms with E-state index in [1.54, 1.807) is 0 Å². The van der Waals surface area contributed by atoms with Gasteiger partial charge in [-0.3, -0.25) is 4.79 Å². The summed E-state index contributed by atoms with van der Waals surface area (Å²) in [5.74, 6) is 7.23. The molecular weight excluding hydrogens is 232 g/mol. The van der Waals surface area contributed by atoms with Crippen LogP contribution >= 0.6 is 0 Å². The van der Waals surface area contributed by atoms with E-state index in [0.29, 0.717) is 12.2 Å². The summed E-state index contributed by atoms with van der Waals surface area (Å²) in [6.07, 6.45) is 6.07. The van der Waals surface area contributed by atoms with Crippen molar-refractivity contribution >= 4 is 5.78 Å². The van der Waals surface area contributed by atoms with Gasteiger partial charge in [-0.15, -0.1) is 5.92 Å². The fraction of sp³-hybridized carbons (Fsp3) is 0.500. The molecule has 0 heterocycles. The first-order valence-electron chi connectivity index (χ1n) is 7.39. The number of rotatable bonds is 3. The molecule has 0 bridgehead atoms. The Kier molecular flexibility index (Phi) is 5.21. The molecule has 0 aliphatic heterocycles. The van der Waals surface area contributed by atoms with Crippen LogP contribution < -0.4 is 0 Å². The van der Waals surface area contributed by atoms with Crippen molar-refractivity contribution in [3.8, 4) is 11.8 Å². The van der Waals surface area contributed by atoms with Crippen molar-refractivity contribution in [3.63, 3.8) is 0 Å². The molecule has 0 spiro atoms. The van der Waals surface area contributed by atoms with Crippen LogP contribution in [0.1, 0.15) is 56.9 Å². The Morgan fingerprint density at radius 3 is 2.79 bits per heavy atom. The summed E-state index contributed by atoms with van der Waals surface area (Å²) in [6, 6.07) is 10.2. The number of Topliss-reactive ketones (excluding diaryl/α,β-unsaturated/α-hetero) is 1. The lowest BCUT2D eigenvalue weighted by atomic mass is 9.75. The minimum Gasteiger partial charge on any atom is -0.299 e. The van der Waals surface area contributed by atoms with Crippen molar-refractivity contribution < 1.29 is 4.79 Å². The number of ketones is 1. The zero-order valence-electron chi connectivity index (χ0n) is 11.7. The van der Waals surface area contributed by atoms with Crippen molar-refractivity contribution in [3.05, 3.63) is 35.9 Å². The quantitative estimate of drug-likeness (QED) is 0.579. The van der Waals surface area contributed by atoms with Crippen LogP contribution in [-0.4, -0.2) is 5.78 Å². The molecule has 2 rings (SSSR count). The molecule has 0 amide bonds. The number of hydrogen-bond donors (Lipinski definition) is 0. The summed E-state index contributed by atoms with van der Waals surface area (Å²) in [4.78, 5) is 12.2. The van der Waals surface area contributed by atoms with Gasteiger partial charge in [0.05, 0.1) is 5.92 Å². The van der Waals surface area contributed by atoms with Gasteiger partial charge in [0.15, 0.2) is 0 Å². The highest BCUT2D eigenvalue weighted by molar-refractivity contribution is 5.87. The molecule has 0 radical (unpaired) electrons. The van der Waals surface area contributed by atoms with Crippen LogP contribution in [0.15, 0.2) is 30.3 Å². The summed E-state index contributed by atoms with van der Waals surface area (Å²) in [7, 11) is 0. The molecule has 1 nitrogen and oxygen atoms in total. The van der Waals surface area contributed by atoms with Crippen molar-refractivity contribution in [1.82, 2.24) is 0 Å². The van der Waals surface area contributed by atoms with E-state index in [4.69, 9.17) is 0 Å². The molecular formula is C18H22O. The van der Waals surface area contributed by atoms with Crippen LogP contribution in [0.2, 0.25) is 0 Å². The second-order valence-corrected chi connectivity index (χ2v) is 5.28. The molecule has 1 saturated carbocycles. The molecule has 100 valence electrons. The zero-order chi connectivity index (χ0) is 13.5. The van der Waals surface area contributed by atoms with Gasteiger partial charge in [0.25, 0.3) is 0 Å². The van der Waals surface area contributed by atoms with Gasteiger partial charge in [-0.1, -0.05) is 49.6 Å². The minimum atomic E-state index is 0.00377. The molecule has 1 aromatic rings. The van der Waals surface area contributed by atoms with Crippen LogP contribution in [0.5, 0.6) is 0 Å². The Hall–Kier alpha value is -1.55. The van der Waals surface area contributed by atoms with Crippen LogP contribution in [0.25, 0.3) is 0 Å². The Morgan fingerprint density at radius 1 is 1.26 bits per heavy atom. The van der Waals surface area contributed by atoms with Gasteiger partial charge in [0.1, 0.15) is 5.78 Å². The fourth-order valence-corrected chi connectivity index (χ4v) is 2.75. The van der Waals surface area contributed by atoms with Gasteiger partial charge in [-0.05, 0) is 24.8 Å². The average molecular weight is 254 g/mol. The first kappa shape index (κ1) is 13.9. The molecule has 1 aliphatic rings. The third kappa shape index (κ3) is 3.70. The van der Waals surface area contributed by atoms with E-state index in [1.807, 2.05) is 18.2 Å². The van der Waals surface area contributed by atoms with Gasteiger partial charge < -0.3 is 0 Å². The van der Waals surface area contributed by atoms with Gasteiger partial charge in [-0.25, -0.2) is 0 Å². The Balaban J connectivity index is 2.14. The first-order chi connectivity index (χ1) is 9.33. The third-order valence-electron chi connectivity index (χ3n) is 3.79. The van der Waals surface area contributed by atoms with E-state index in [-0.39, 0.29) is 11.8 Å². The maximum Gasteiger partial charge on any atom is 0.141 e. The molecule has 1 aliphatic carbocycles. The van der Waals surface area contributed by atoms with Crippen molar-refractivity contribution in [2.24, 2.45) is 5.92 Å². The monoisotopic (exact) mass is 254 g/mol. The summed E-state index contributed by atoms with van der Waals surface area (Å²) in [5, 5.41) is 0. The number of hydrogen-bond acceptors (Lipinski definition) is 1. The van der Waals surface area contributed by atoms with E-state index in [9.17, 15) is 4.79 Å². The molecule has 0 aromatic heterocycles. The number of carbonyl (C=O) groups is 1. The molecule has 0 saturated heterocycles. The van der Waals surface area contributed by atoms with E-state index in [0.717, 1.165) is 31.2 Å². The predicted molar refractivity (Wildman–Crippen MR) is 78.8 cm³/mol. The maximum atomic E-state index is 12.2. The van der Waals surface area contributed by atoms with Gasteiger partial charge >= 0.3 is 0 Å². The summed E-state index contributed by atoms with van der Waals surface area (Å²) in [5.41, 5.74) is 1.14. The van der Waals surface area contributed by atoms with Crippen LogP contribution in [-0.2, 0) is 4.79 Å². The topological polar surface area (TPSA) is 17.1 Å². The molecule has 1 heteroatoms. The van der Waals surface area contributed by atoms with E-state index < -0.39 is 0 Å². The SMILES string of the molecule is CCCCC#C[C@H]1CCCC(=O)[C@H]1c1ccccc1. The van der Waals surface area contributed by atoms with Gasteiger partial charge in [0.2, 0.25) is 0 Å². The van der Waals surface area contributed by atoms with Gasteiger partial charge in [0, 0.05) is 18.8 Å². The molecule has 0 N–H and O–H groups in total. The molecule has 19 heavy (non-hydrogen) atoms. The fourth-order valence-electron chi connectivity index (χ4n) is 2.75. The van der Waals surface area contributed by atoms with Crippen LogP contribution in [0.4, 0.5) is 0 Å². The standard InChI is InChI=1S/C18H22O/c1-2-3-4-6-10-16-13-9-14-17(19)18(16)15-11-7-5-8-12-15/h5,7-8,11-12,16,18H,2-4,9,13-14H2,1H3/t16-,18-/m0/s1. The van der Waals surface area contributed by atoms with Crippen LogP contribution in [0, 0.1) is 17.8 Å². The van der Waals surface area contributed by atoms with E-state index in [1.165, 1.54) is 6.42 Å². The summed E-state index contributed by atoms with van der Waals surface area (Å²) < 4.78 is 0. The Labute approximate surface area is 116 Å². The number of carbonyl (C=O) groups excluding carboxylic acids is 1. The maximum absolute atomic E-state index is 12.2. The molecule has 0 unspecified atom stereocenters. The smallest absolute Gasteiger partial charge is 0.141 e. The Bertz CT molecular complexity index is 463. The molecule has 1 aromatic carbocycles. The first-order valence-corrected chi connectivity index (χ1v) is 7.39. The largest absolute Gasteiger partial charge is 0.299 e. The zero-order valence-corrected chi connectivity index (χ0v) is 11.7. The predicted octanol–water partition coefficient (Wildman–Crippen LogP) is 4.33. The third-order valence-corrected chi connectivity index (χ3v) is 3.79. The minimum absolute atomic E-state index is 0.00377. The normalized spacial score (nSPS) is 22.7. The van der Waals surface area contributed by atoms with E-state index in [2.05, 4.69) is 30.9 Å².